The summed E-state index contributed by atoms with van der Waals surface area (Å²) in [5.74, 6) is -7.67. The Morgan fingerprint density at radius 1 is 0.960 bits per heavy atom. The van der Waals surface area contributed by atoms with Crippen molar-refractivity contribution in [1.82, 2.24) is 5.32 Å². The number of Topliss-reactive ketones (excluding diaryl/α,β-unsaturated/α-hetero) is 1. The molecule has 0 saturated carbocycles. The second kappa shape index (κ2) is 14.9. The number of ketones is 2. The molecule has 1 amide bonds. The number of aliphatic hydroxyl groups is 3. The van der Waals surface area contributed by atoms with Crippen LogP contribution in [0.4, 0.5) is 0 Å². The van der Waals surface area contributed by atoms with Crippen LogP contribution in [0.1, 0.15) is 86.4 Å². The van der Waals surface area contributed by atoms with Crippen LogP contribution in [-0.4, -0.2) is 81.2 Å². The molecule has 272 valence electrons. The molecule has 5 N–H and O–H groups in total. The number of amides is 1. The zero-order chi connectivity index (χ0) is 37.4. The third-order valence-corrected chi connectivity index (χ3v) is 9.99. The molecule has 10 unspecified atom stereocenters. The molecule has 0 aromatic heterocycles. The second-order valence-electron chi connectivity index (χ2n) is 13.6. The van der Waals surface area contributed by atoms with Gasteiger partial charge in [0.25, 0.3) is 11.7 Å². The summed E-state index contributed by atoms with van der Waals surface area (Å²) in [6.45, 7) is 12.5. The van der Waals surface area contributed by atoms with Crippen molar-refractivity contribution in [2.75, 3.05) is 7.11 Å². The summed E-state index contributed by atoms with van der Waals surface area (Å²) < 4.78 is 23.3. The lowest BCUT2D eigenvalue weighted by molar-refractivity contribution is -0.181. The molecule has 3 aliphatic heterocycles. The number of hydrogen-bond donors (Lipinski definition) is 5. The van der Waals surface area contributed by atoms with Gasteiger partial charge in [-0.1, -0.05) is 45.9 Å². The zero-order valence-corrected chi connectivity index (χ0v) is 29.7. The molecule has 5 bridgehead atoms. The van der Waals surface area contributed by atoms with E-state index in [-0.39, 0.29) is 39.3 Å². The van der Waals surface area contributed by atoms with E-state index in [1.165, 1.54) is 53.2 Å². The van der Waals surface area contributed by atoms with Gasteiger partial charge in [0.15, 0.2) is 11.9 Å². The third kappa shape index (κ3) is 7.13. The Morgan fingerprint density at radius 2 is 1.62 bits per heavy atom. The van der Waals surface area contributed by atoms with Crippen molar-refractivity contribution in [1.29, 1.82) is 0 Å². The number of fused-ring (bicyclic) bond motifs is 14. The van der Waals surface area contributed by atoms with Crippen molar-refractivity contribution in [3.8, 4) is 11.5 Å². The van der Waals surface area contributed by atoms with Crippen LogP contribution in [0, 0.1) is 30.6 Å². The largest absolute Gasteiger partial charge is 0.507 e. The SMILES string of the molecule is COC1/C=C/OC2(C)Oc3c(C)c(O)c4c(c3C2O)C(=O)C=C(NC(=O)/C(C)=C\C=C\C(C)C(O)C(C)C(O)C(C)C(OC(C)=O)C1C)C4=O. The van der Waals surface area contributed by atoms with Crippen molar-refractivity contribution >= 4 is 23.4 Å². The molecular weight excluding hydrogens is 650 g/mol. The van der Waals surface area contributed by atoms with Crippen molar-refractivity contribution in [2.24, 2.45) is 23.7 Å². The number of rotatable bonds is 2. The van der Waals surface area contributed by atoms with Gasteiger partial charge >= 0.3 is 5.97 Å². The number of carbonyl (C=O) groups excluding carboxylic acids is 4. The maximum absolute atomic E-state index is 13.6. The van der Waals surface area contributed by atoms with Crippen LogP contribution in [0.25, 0.3) is 0 Å². The van der Waals surface area contributed by atoms with Crippen LogP contribution in [0.3, 0.4) is 0 Å². The van der Waals surface area contributed by atoms with Crippen LogP contribution in [-0.2, 0) is 23.8 Å². The van der Waals surface area contributed by atoms with Crippen LogP contribution in [0.5, 0.6) is 11.5 Å². The normalized spacial score (nSPS) is 35.9. The summed E-state index contributed by atoms with van der Waals surface area (Å²) in [6.07, 6.45) is 2.94. The van der Waals surface area contributed by atoms with Crippen LogP contribution >= 0.6 is 0 Å². The van der Waals surface area contributed by atoms with Gasteiger partial charge in [-0.3, -0.25) is 19.2 Å². The Hall–Kier alpha value is -4.30. The molecule has 4 aliphatic rings. The highest BCUT2D eigenvalue weighted by Crippen LogP contribution is 2.52. The number of phenolic OH excluding ortho intramolecular Hbond substituents is 1. The Bertz CT molecular complexity index is 1670. The molecule has 0 fully saturated rings. The molecule has 13 heteroatoms. The smallest absolute Gasteiger partial charge is 0.302 e. The van der Waals surface area contributed by atoms with E-state index in [1.54, 1.807) is 39.8 Å². The van der Waals surface area contributed by atoms with Crippen LogP contribution in [0.15, 0.2) is 47.9 Å². The minimum absolute atomic E-state index is 0.0392. The van der Waals surface area contributed by atoms with E-state index in [0.717, 1.165) is 6.08 Å². The van der Waals surface area contributed by atoms with Gasteiger partial charge in [0, 0.05) is 73.0 Å². The van der Waals surface area contributed by atoms with E-state index in [9.17, 15) is 39.6 Å². The number of methoxy groups -OCH3 is 1. The van der Waals surface area contributed by atoms with Gasteiger partial charge in [0.1, 0.15) is 17.6 Å². The lowest BCUT2D eigenvalue weighted by atomic mass is 9.78. The van der Waals surface area contributed by atoms with Gasteiger partial charge in [-0.15, -0.1) is 0 Å². The molecule has 5 rings (SSSR count). The number of phenols is 1. The van der Waals surface area contributed by atoms with Gasteiger partial charge < -0.3 is 44.7 Å². The highest BCUT2D eigenvalue weighted by atomic mass is 16.7. The van der Waals surface area contributed by atoms with Crippen molar-refractivity contribution in [3.63, 3.8) is 0 Å². The Labute approximate surface area is 291 Å². The molecule has 13 nitrogen and oxygen atoms in total. The lowest BCUT2D eigenvalue weighted by Crippen LogP contribution is -2.46. The van der Waals surface area contributed by atoms with Gasteiger partial charge in [-0.2, -0.15) is 0 Å². The first kappa shape index (κ1) is 38.5. The quantitative estimate of drug-likeness (QED) is 0.283. The first-order valence-corrected chi connectivity index (χ1v) is 16.5. The monoisotopic (exact) mass is 697 g/mol. The zero-order valence-electron chi connectivity index (χ0n) is 29.7. The number of ether oxygens (including phenoxy) is 4. The maximum atomic E-state index is 13.6. The number of hydrogen-bond acceptors (Lipinski definition) is 12. The highest BCUT2D eigenvalue weighted by Gasteiger charge is 2.51. The molecule has 0 spiro atoms. The van der Waals surface area contributed by atoms with Gasteiger partial charge in [0.05, 0.1) is 35.8 Å². The highest BCUT2D eigenvalue weighted by molar-refractivity contribution is 6.27. The molecule has 0 radical (unpaired) electrons. The minimum Gasteiger partial charge on any atom is -0.507 e. The van der Waals surface area contributed by atoms with E-state index in [0.29, 0.717) is 0 Å². The molecule has 0 saturated heterocycles. The lowest BCUT2D eigenvalue weighted by Gasteiger charge is -2.38. The average Bonchev–Trinajstić information content (AvgIpc) is 3.33. The summed E-state index contributed by atoms with van der Waals surface area (Å²) in [4.78, 5) is 52.4. The number of allylic oxidation sites excluding steroid dienone is 4. The number of aliphatic hydroxyl groups excluding tert-OH is 3. The third-order valence-electron chi connectivity index (χ3n) is 9.99. The number of benzene rings is 1. The number of carbonyl (C=O) groups is 4. The van der Waals surface area contributed by atoms with Gasteiger partial charge in [0.2, 0.25) is 5.78 Å². The number of nitrogens with one attached hydrogen (secondary N) is 1. The van der Waals surface area contributed by atoms with E-state index in [1.807, 2.05) is 0 Å². The van der Waals surface area contributed by atoms with Crippen LogP contribution in [0.2, 0.25) is 0 Å². The number of aromatic hydroxyl groups is 1. The molecule has 1 aromatic rings. The fraction of sp³-hybridized carbons (Fsp3) is 0.514. The Kier molecular flexibility index (Phi) is 11.5. The summed E-state index contributed by atoms with van der Waals surface area (Å²) in [5.41, 5.74) is -0.851. The van der Waals surface area contributed by atoms with E-state index < -0.39 is 89.2 Å². The predicted octanol–water partition coefficient (Wildman–Crippen LogP) is 3.48. The van der Waals surface area contributed by atoms with Gasteiger partial charge in [-0.05, 0) is 19.9 Å². The van der Waals surface area contributed by atoms with E-state index in [4.69, 9.17) is 18.9 Å². The summed E-state index contributed by atoms with van der Waals surface area (Å²) >= 11 is 0. The Balaban J connectivity index is 1.83. The molecular formula is C37H47NO12. The first-order chi connectivity index (χ1) is 23.4. The van der Waals surface area contributed by atoms with Crippen molar-refractivity contribution in [3.05, 3.63) is 70.2 Å². The fourth-order valence-corrected chi connectivity index (χ4v) is 6.77. The second-order valence-corrected chi connectivity index (χ2v) is 13.6. The molecule has 50 heavy (non-hydrogen) atoms. The predicted molar refractivity (Wildman–Crippen MR) is 180 cm³/mol. The standard InChI is InChI=1S/C37H47NO12/c1-16-11-10-12-17(2)36(46)38-23-15-24(40)26-27(32(23)44)31(43)21(6)34-28(26)35(45)37(8,50-34)48-14-13-25(47-9)18(3)33(49-22(7)39)20(5)30(42)19(4)29(16)41/h10-16,18-20,25,29-30,33,35,41-43,45H,1-9H3,(H,38,46)/b11-10+,14-13+,17-12-. The topological polar surface area (TPSA) is 198 Å². The molecule has 1 aromatic carbocycles. The molecule has 3 heterocycles. The number of esters is 1. The molecule has 1 aliphatic carbocycles. The summed E-state index contributed by atoms with van der Waals surface area (Å²) in [7, 11) is 1.44. The summed E-state index contributed by atoms with van der Waals surface area (Å²) in [6, 6.07) is 0. The van der Waals surface area contributed by atoms with Gasteiger partial charge in [-0.25, -0.2) is 0 Å². The van der Waals surface area contributed by atoms with E-state index in [2.05, 4.69) is 5.32 Å². The first-order valence-electron chi connectivity index (χ1n) is 16.5. The maximum Gasteiger partial charge on any atom is 0.302 e. The van der Waals surface area contributed by atoms with Crippen LogP contribution < -0.4 is 10.1 Å². The van der Waals surface area contributed by atoms with Crippen molar-refractivity contribution in [2.45, 2.75) is 91.7 Å². The minimum atomic E-state index is -1.83. The van der Waals surface area contributed by atoms with E-state index >= 15 is 0 Å². The Morgan fingerprint density at radius 3 is 2.24 bits per heavy atom. The average molecular weight is 698 g/mol. The fourth-order valence-electron chi connectivity index (χ4n) is 6.77. The molecule has 10 atom stereocenters. The van der Waals surface area contributed by atoms with Crippen molar-refractivity contribution < 1.29 is 58.6 Å². The summed E-state index contributed by atoms with van der Waals surface area (Å²) in [5, 5.41) is 47.6.